The zero-order chi connectivity index (χ0) is 12.3. The van der Waals surface area contributed by atoms with Gasteiger partial charge in [-0.05, 0) is 24.3 Å². The number of benzene rings is 1. The molecule has 5 heteroatoms. The minimum Gasteiger partial charge on any atom is -0.397 e. The van der Waals surface area contributed by atoms with Gasteiger partial charge in [-0.2, -0.15) is 5.26 Å². The molecule has 1 aromatic carbocycles. The number of aromatic nitrogens is 1. The molecule has 0 fully saturated rings. The van der Waals surface area contributed by atoms with Crippen LogP contribution in [0.25, 0.3) is 0 Å². The van der Waals surface area contributed by atoms with E-state index in [9.17, 15) is 0 Å². The maximum absolute atomic E-state index is 9.05. The van der Waals surface area contributed by atoms with Crippen molar-refractivity contribution in [1.29, 1.82) is 5.26 Å². The molecule has 0 atom stereocenters. The Labute approximate surface area is 108 Å². The van der Waals surface area contributed by atoms with Gasteiger partial charge in [0.2, 0.25) is 0 Å². The summed E-state index contributed by atoms with van der Waals surface area (Å²) in [7, 11) is 0. The van der Waals surface area contributed by atoms with Crippen LogP contribution in [-0.4, -0.2) is 4.98 Å². The molecule has 0 bridgehead atoms. The number of hydrogen-bond acceptors (Lipinski definition) is 4. The number of pyridine rings is 1. The summed E-state index contributed by atoms with van der Waals surface area (Å²) in [6.07, 6.45) is 1.66. The van der Waals surface area contributed by atoms with Crippen molar-refractivity contribution in [3.63, 3.8) is 0 Å². The molecule has 0 aliphatic rings. The average Bonchev–Trinajstić information content (AvgIpc) is 2.32. The number of hydrogen-bond donors (Lipinski definition) is 1. The van der Waals surface area contributed by atoms with Gasteiger partial charge in [-0.15, -0.1) is 0 Å². The summed E-state index contributed by atoms with van der Waals surface area (Å²) < 4.78 is 0. The van der Waals surface area contributed by atoms with Crippen LogP contribution < -0.4 is 5.73 Å². The highest BCUT2D eigenvalue weighted by Gasteiger charge is 2.09. The van der Waals surface area contributed by atoms with Crippen molar-refractivity contribution < 1.29 is 0 Å². The van der Waals surface area contributed by atoms with Crippen molar-refractivity contribution in [1.82, 2.24) is 4.98 Å². The Morgan fingerprint density at radius 3 is 2.82 bits per heavy atom. The van der Waals surface area contributed by atoms with E-state index in [0.29, 0.717) is 21.3 Å². The fourth-order valence-electron chi connectivity index (χ4n) is 1.29. The molecular formula is C12H8ClN3S. The van der Waals surface area contributed by atoms with Gasteiger partial charge in [0.15, 0.2) is 0 Å². The highest BCUT2D eigenvalue weighted by Crippen LogP contribution is 2.34. The van der Waals surface area contributed by atoms with Crippen LogP contribution in [0.3, 0.4) is 0 Å². The van der Waals surface area contributed by atoms with Gasteiger partial charge in [0.1, 0.15) is 11.1 Å². The van der Waals surface area contributed by atoms with Gasteiger partial charge in [-0.3, -0.25) is 0 Å². The highest BCUT2D eigenvalue weighted by molar-refractivity contribution is 7.99. The molecule has 2 N–H and O–H groups in total. The van der Waals surface area contributed by atoms with Gasteiger partial charge in [-0.25, -0.2) is 4.98 Å². The summed E-state index contributed by atoms with van der Waals surface area (Å²) in [6, 6.07) is 10.9. The van der Waals surface area contributed by atoms with E-state index < -0.39 is 0 Å². The fourth-order valence-corrected chi connectivity index (χ4v) is 2.48. The summed E-state index contributed by atoms with van der Waals surface area (Å²) >= 11 is 7.28. The molecule has 84 valence electrons. The van der Waals surface area contributed by atoms with Crippen LogP contribution in [0.2, 0.25) is 5.02 Å². The lowest BCUT2D eigenvalue weighted by atomic mass is 10.2. The summed E-state index contributed by atoms with van der Waals surface area (Å²) in [5.74, 6) is 0. The lowest BCUT2D eigenvalue weighted by Gasteiger charge is -2.06. The third-order valence-corrected chi connectivity index (χ3v) is 3.50. The Morgan fingerprint density at radius 1 is 1.29 bits per heavy atom. The molecule has 3 nitrogen and oxygen atoms in total. The van der Waals surface area contributed by atoms with E-state index in [0.717, 1.165) is 4.90 Å². The van der Waals surface area contributed by atoms with Gasteiger partial charge in [0.25, 0.3) is 0 Å². The molecule has 0 saturated carbocycles. The van der Waals surface area contributed by atoms with Crippen molar-refractivity contribution in [3.8, 4) is 6.07 Å². The maximum Gasteiger partial charge on any atom is 0.124 e. The zero-order valence-electron chi connectivity index (χ0n) is 8.72. The molecule has 0 saturated heterocycles. The molecule has 0 spiro atoms. The van der Waals surface area contributed by atoms with E-state index in [1.807, 2.05) is 6.07 Å². The zero-order valence-corrected chi connectivity index (χ0v) is 10.3. The first-order chi connectivity index (χ1) is 8.22. The largest absolute Gasteiger partial charge is 0.397 e. The minimum absolute atomic E-state index is 0.437. The predicted molar refractivity (Wildman–Crippen MR) is 68.9 cm³/mol. The first-order valence-corrected chi connectivity index (χ1v) is 5.99. The van der Waals surface area contributed by atoms with Gasteiger partial charge in [-0.1, -0.05) is 29.4 Å². The van der Waals surface area contributed by atoms with Crippen LogP contribution in [0.5, 0.6) is 0 Å². The third kappa shape index (κ3) is 2.52. The van der Waals surface area contributed by atoms with E-state index in [-0.39, 0.29) is 0 Å². The second kappa shape index (κ2) is 5.09. The minimum atomic E-state index is 0.437. The Morgan fingerprint density at radius 2 is 2.12 bits per heavy atom. The smallest absolute Gasteiger partial charge is 0.124 e. The number of rotatable bonds is 2. The number of halogens is 1. The van der Waals surface area contributed by atoms with E-state index in [2.05, 4.69) is 11.1 Å². The Balaban J connectivity index is 2.41. The van der Waals surface area contributed by atoms with E-state index in [4.69, 9.17) is 22.6 Å². The fraction of sp³-hybridized carbons (Fsp3) is 0. The van der Waals surface area contributed by atoms with Crippen molar-refractivity contribution in [2.24, 2.45) is 0 Å². The normalized spacial score (nSPS) is 9.88. The average molecular weight is 262 g/mol. The van der Waals surface area contributed by atoms with Crippen LogP contribution in [0.15, 0.2) is 46.5 Å². The summed E-state index contributed by atoms with van der Waals surface area (Å²) in [5.41, 5.74) is 6.83. The van der Waals surface area contributed by atoms with Crippen molar-refractivity contribution in [2.75, 3.05) is 5.73 Å². The topological polar surface area (TPSA) is 62.7 Å². The van der Waals surface area contributed by atoms with Gasteiger partial charge in [0.05, 0.1) is 16.3 Å². The Kier molecular flexibility index (Phi) is 3.52. The first kappa shape index (κ1) is 11.8. The Hall–Kier alpha value is -1.70. The van der Waals surface area contributed by atoms with E-state index >= 15 is 0 Å². The second-order valence-corrected chi connectivity index (χ2v) is 4.66. The third-order valence-electron chi connectivity index (χ3n) is 2.09. The number of nitrogen functional groups attached to an aromatic ring is 1. The highest BCUT2D eigenvalue weighted by atomic mass is 35.5. The molecule has 0 radical (unpaired) electrons. The monoisotopic (exact) mass is 261 g/mol. The summed E-state index contributed by atoms with van der Waals surface area (Å²) in [4.78, 5) is 4.92. The lowest BCUT2D eigenvalue weighted by molar-refractivity contribution is 1.14. The van der Waals surface area contributed by atoms with Crippen molar-refractivity contribution >= 4 is 29.1 Å². The van der Waals surface area contributed by atoms with Crippen LogP contribution in [0.4, 0.5) is 5.69 Å². The predicted octanol–water partition coefficient (Wildman–Crippen LogP) is 3.34. The molecule has 2 rings (SSSR count). The van der Waals surface area contributed by atoms with Crippen molar-refractivity contribution in [2.45, 2.75) is 9.92 Å². The molecule has 0 unspecified atom stereocenters. The number of nitriles is 1. The number of nitrogens with zero attached hydrogens (tertiary/aromatic N) is 2. The molecular weight excluding hydrogens is 254 g/mol. The van der Waals surface area contributed by atoms with E-state index in [1.54, 1.807) is 30.5 Å². The molecule has 17 heavy (non-hydrogen) atoms. The molecule has 1 aromatic heterocycles. The van der Waals surface area contributed by atoms with E-state index in [1.165, 1.54) is 11.8 Å². The molecule has 1 heterocycles. The van der Waals surface area contributed by atoms with Crippen LogP contribution in [0, 0.1) is 11.3 Å². The molecule has 0 amide bonds. The maximum atomic E-state index is 9.05. The number of anilines is 1. The number of nitrogens with two attached hydrogens (primary N) is 1. The quantitative estimate of drug-likeness (QED) is 0.901. The Bertz CT molecular complexity index is 593. The standard InChI is InChI=1S/C12H8ClN3S/c13-9-3-1-5-11(8(9)7-14)17-12-10(15)4-2-6-16-12/h1-6H,15H2. The summed E-state index contributed by atoms with van der Waals surface area (Å²) in [6.45, 7) is 0. The van der Waals surface area contributed by atoms with Gasteiger partial charge in [0, 0.05) is 11.1 Å². The molecule has 0 aliphatic heterocycles. The summed E-state index contributed by atoms with van der Waals surface area (Å²) in [5, 5.41) is 10.2. The lowest BCUT2D eigenvalue weighted by Crippen LogP contribution is -1.91. The van der Waals surface area contributed by atoms with Crippen molar-refractivity contribution in [3.05, 3.63) is 47.1 Å². The molecule has 2 aromatic rings. The van der Waals surface area contributed by atoms with Crippen LogP contribution in [-0.2, 0) is 0 Å². The van der Waals surface area contributed by atoms with Gasteiger partial charge >= 0.3 is 0 Å². The SMILES string of the molecule is N#Cc1c(Cl)cccc1Sc1ncccc1N. The molecule has 0 aliphatic carbocycles. The second-order valence-electron chi connectivity index (χ2n) is 3.22. The van der Waals surface area contributed by atoms with Crippen LogP contribution in [0.1, 0.15) is 5.56 Å². The first-order valence-electron chi connectivity index (χ1n) is 4.79. The van der Waals surface area contributed by atoms with Crippen LogP contribution >= 0.6 is 23.4 Å². The van der Waals surface area contributed by atoms with Gasteiger partial charge < -0.3 is 5.73 Å².